The molecular formula is C98H64N6. The van der Waals surface area contributed by atoms with Crippen LogP contribution in [0.4, 0.5) is 0 Å². The average molecular weight is 1330 g/mol. The minimum Gasteiger partial charge on any atom is -0.264 e. The number of hydrogen-bond donors (Lipinski definition) is 0. The van der Waals surface area contributed by atoms with Crippen molar-refractivity contribution in [1.29, 1.82) is 0 Å². The molecule has 19 rings (SSSR count). The molecule has 6 heteroatoms. The summed E-state index contributed by atoms with van der Waals surface area (Å²) in [6, 6.07) is 129. The van der Waals surface area contributed by atoms with Gasteiger partial charge in [-0.3, -0.25) is 9.97 Å². The van der Waals surface area contributed by atoms with Gasteiger partial charge in [-0.1, -0.05) is 322 Å². The second kappa shape index (κ2) is 27.6. The first-order valence-corrected chi connectivity index (χ1v) is 35.1. The van der Waals surface area contributed by atoms with Crippen LogP contribution in [-0.2, 0) is 0 Å². The Morgan fingerprint density at radius 3 is 1.03 bits per heavy atom. The van der Waals surface area contributed by atoms with Gasteiger partial charge in [-0.2, -0.15) is 0 Å². The van der Waals surface area contributed by atoms with Gasteiger partial charge in [0, 0.05) is 58.2 Å². The number of fused-ring (bicyclic) bond motifs is 6. The number of hydrogen-bond acceptors (Lipinski definition) is 6. The highest BCUT2D eigenvalue weighted by molar-refractivity contribution is 6.14. The highest BCUT2D eigenvalue weighted by Gasteiger charge is 2.17. The van der Waals surface area contributed by atoms with Crippen molar-refractivity contribution in [2.45, 2.75) is 0 Å². The van der Waals surface area contributed by atoms with Crippen LogP contribution in [0.3, 0.4) is 0 Å². The Labute approximate surface area is 603 Å². The molecule has 0 unspecified atom stereocenters. The molecule has 0 atom stereocenters. The van der Waals surface area contributed by atoms with Gasteiger partial charge < -0.3 is 0 Å². The summed E-state index contributed by atoms with van der Waals surface area (Å²) in [6.07, 6.45) is 7.38. The Morgan fingerprint density at radius 1 is 0.154 bits per heavy atom. The quantitative estimate of drug-likeness (QED) is 0.113. The lowest BCUT2D eigenvalue weighted by molar-refractivity contribution is 1.18. The monoisotopic (exact) mass is 1320 g/mol. The molecule has 4 heterocycles. The normalized spacial score (nSPS) is 11.3. The molecule has 104 heavy (non-hydrogen) atoms. The molecular weight excluding hydrogens is 1260 g/mol. The predicted molar refractivity (Wildman–Crippen MR) is 432 cm³/mol. The molecule has 4 aromatic heterocycles. The van der Waals surface area contributed by atoms with Crippen LogP contribution in [0.25, 0.3) is 188 Å². The molecule has 0 saturated heterocycles. The first-order valence-electron chi connectivity index (χ1n) is 35.1. The van der Waals surface area contributed by atoms with Crippen molar-refractivity contribution in [3.8, 4) is 135 Å². The van der Waals surface area contributed by atoms with Crippen LogP contribution in [0, 0.1) is 0 Å². The van der Waals surface area contributed by atoms with Crippen LogP contribution >= 0.6 is 0 Å². The Kier molecular flexibility index (Phi) is 16.6. The summed E-state index contributed by atoms with van der Waals surface area (Å²) >= 11 is 0. The maximum absolute atomic E-state index is 5.24. The highest BCUT2D eigenvalue weighted by atomic mass is 14.9. The highest BCUT2D eigenvalue weighted by Crippen LogP contribution is 2.40. The first kappa shape index (κ1) is 62.3. The molecule has 0 amide bonds. The summed E-state index contributed by atoms with van der Waals surface area (Å²) in [5.74, 6) is 1.38. The second-order valence-corrected chi connectivity index (χ2v) is 26.2. The zero-order chi connectivity index (χ0) is 69.1. The van der Waals surface area contributed by atoms with Crippen LogP contribution in [0.15, 0.2) is 389 Å². The molecule has 0 radical (unpaired) electrons. The van der Waals surface area contributed by atoms with Crippen LogP contribution in [0.1, 0.15) is 0 Å². The van der Waals surface area contributed by atoms with E-state index >= 15 is 0 Å². The van der Waals surface area contributed by atoms with Gasteiger partial charge in [-0.05, 0) is 163 Å². The number of benzene rings is 15. The minimum atomic E-state index is 0.685. The van der Waals surface area contributed by atoms with Crippen LogP contribution in [-0.4, -0.2) is 29.9 Å². The molecule has 0 N–H and O–H groups in total. The Hall–Kier alpha value is -13.9. The summed E-state index contributed by atoms with van der Waals surface area (Å²) < 4.78 is 0. The first-order chi connectivity index (χ1) is 51.5. The Bertz CT molecular complexity index is 6350. The Balaban J connectivity index is 0.000000149. The molecule has 0 aliphatic heterocycles. The van der Waals surface area contributed by atoms with Crippen molar-refractivity contribution < 1.29 is 0 Å². The third kappa shape index (κ3) is 12.6. The molecule has 0 aliphatic carbocycles. The number of pyridine rings is 2. The van der Waals surface area contributed by atoms with Crippen LogP contribution in [0.2, 0.25) is 0 Å². The van der Waals surface area contributed by atoms with Crippen molar-refractivity contribution >= 4 is 53.9 Å². The van der Waals surface area contributed by atoms with E-state index in [1.165, 1.54) is 81.7 Å². The van der Waals surface area contributed by atoms with Crippen molar-refractivity contribution in [3.63, 3.8) is 0 Å². The van der Waals surface area contributed by atoms with Gasteiger partial charge in [0.1, 0.15) is 0 Å². The van der Waals surface area contributed by atoms with Gasteiger partial charge in [0.2, 0.25) is 0 Å². The van der Waals surface area contributed by atoms with E-state index in [9.17, 15) is 0 Å². The lowest BCUT2D eigenvalue weighted by Gasteiger charge is -2.13. The molecule has 15 aromatic carbocycles. The van der Waals surface area contributed by atoms with E-state index in [1.807, 2.05) is 24.5 Å². The summed E-state index contributed by atoms with van der Waals surface area (Å²) in [5, 5.41) is 12.4. The molecule has 6 nitrogen and oxygen atoms in total. The maximum Gasteiger partial charge on any atom is 0.160 e. The van der Waals surface area contributed by atoms with Crippen LogP contribution in [0.5, 0.6) is 0 Å². The number of rotatable bonds is 12. The van der Waals surface area contributed by atoms with Gasteiger partial charge in [-0.25, -0.2) is 19.9 Å². The van der Waals surface area contributed by atoms with Gasteiger partial charge >= 0.3 is 0 Å². The van der Waals surface area contributed by atoms with E-state index in [1.54, 1.807) is 12.4 Å². The fourth-order valence-electron chi connectivity index (χ4n) is 14.4. The van der Waals surface area contributed by atoms with Gasteiger partial charge in [-0.15, -0.1) is 0 Å². The zero-order valence-corrected chi connectivity index (χ0v) is 56.6. The van der Waals surface area contributed by atoms with Crippen molar-refractivity contribution in [2.75, 3.05) is 0 Å². The van der Waals surface area contributed by atoms with Crippen molar-refractivity contribution in [1.82, 2.24) is 29.9 Å². The third-order valence-electron chi connectivity index (χ3n) is 19.8. The largest absolute Gasteiger partial charge is 0.264 e. The molecule has 0 fully saturated rings. The number of nitrogens with zero attached hydrogens (tertiary/aromatic N) is 6. The minimum absolute atomic E-state index is 0.685. The van der Waals surface area contributed by atoms with Gasteiger partial charge in [0.25, 0.3) is 0 Å². The molecule has 0 spiro atoms. The fourth-order valence-corrected chi connectivity index (χ4v) is 14.4. The summed E-state index contributed by atoms with van der Waals surface area (Å²) in [4.78, 5) is 29.3. The summed E-state index contributed by atoms with van der Waals surface area (Å²) in [6.45, 7) is 0. The van der Waals surface area contributed by atoms with Gasteiger partial charge in [0.05, 0.1) is 22.8 Å². The lowest BCUT2D eigenvalue weighted by Crippen LogP contribution is -1.96. The van der Waals surface area contributed by atoms with E-state index < -0.39 is 0 Å². The Morgan fingerprint density at radius 2 is 0.510 bits per heavy atom. The second-order valence-electron chi connectivity index (χ2n) is 26.2. The predicted octanol–water partition coefficient (Wildman–Crippen LogP) is 25.5. The number of aromatic nitrogens is 6. The van der Waals surface area contributed by atoms with E-state index in [0.29, 0.717) is 11.6 Å². The van der Waals surface area contributed by atoms with E-state index in [-0.39, 0.29) is 0 Å². The zero-order valence-electron chi connectivity index (χ0n) is 56.6. The molecule has 0 saturated carbocycles. The SMILES string of the molecule is c1cncc(-c2ccc(-c3cc(-c4ccc(-c5ccc6ccccc6c5)cc4)nc(-c4ccc(-c5cccc6ccccc56)cc4)n3)cc2)c1.c1cncc(-c2ccc(-c3cc(-c4cccc(-c5cccc6ccccc56)c4)nc(-c4ccc(-c5cc6ccccc6c6ccccc56)cc4)n3)cc2)c1. The molecule has 19 aromatic rings. The van der Waals surface area contributed by atoms with Crippen molar-refractivity contribution in [3.05, 3.63) is 389 Å². The van der Waals surface area contributed by atoms with Gasteiger partial charge in [0.15, 0.2) is 11.6 Å². The molecule has 486 valence electrons. The summed E-state index contributed by atoms with van der Waals surface area (Å²) in [7, 11) is 0. The van der Waals surface area contributed by atoms with E-state index in [0.717, 1.165) is 95.1 Å². The third-order valence-corrected chi connectivity index (χ3v) is 19.8. The average Bonchev–Trinajstić information content (AvgIpc) is 0.779. The van der Waals surface area contributed by atoms with Crippen LogP contribution < -0.4 is 0 Å². The standard InChI is InChI=1S/C51H33N3.C47H31N3/c1-3-16-43-35(10-1)12-8-20-44(43)39-13-7-14-41(30-39)50-32-49(37-25-21-34(22-26-37)42-15-9-29-52-33-42)53-51(54-50)38-27-23-36(24-28-38)48-31-40-11-2-4-17-45(40)46-18-5-6-19-47(46)48;1-2-9-40-29-41(27-18-32(40)7-1)33-14-21-37(22-15-33)45-30-46(38-23-16-34(17-24-38)42-11-6-28-48-31-42)50-47(49-45)39-25-19-36(20-26-39)44-13-5-10-35-8-3-4-12-43(35)44/h1-33H;1-31H. The van der Waals surface area contributed by atoms with E-state index in [4.69, 9.17) is 19.9 Å². The fraction of sp³-hybridized carbons (Fsp3) is 0. The lowest BCUT2D eigenvalue weighted by atomic mass is 9.93. The van der Waals surface area contributed by atoms with E-state index in [2.05, 4.69) is 362 Å². The smallest absolute Gasteiger partial charge is 0.160 e. The van der Waals surface area contributed by atoms with Crippen molar-refractivity contribution in [2.24, 2.45) is 0 Å². The topological polar surface area (TPSA) is 77.3 Å². The maximum atomic E-state index is 5.24. The molecule has 0 bridgehead atoms. The summed E-state index contributed by atoms with van der Waals surface area (Å²) in [5.41, 5.74) is 23.4. The molecule has 0 aliphatic rings.